The standard InChI is InChI=1S/C12H16N2O2/c1-14-12(15)7-16-9-3-4-10-8(6-9)2-5-11(10)13/h3-4,6,11H,2,5,7,13H2,1H3,(H,14,15)/t11-/m1/s1. The lowest BCUT2D eigenvalue weighted by Crippen LogP contribution is -2.24. The van der Waals surface area contributed by atoms with E-state index < -0.39 is 0 Å². The third-order valence-electron chi connectivity index (χ3n) is 2.89. The molecule has 1 aromatic rings. The van der Waals surface area contributed by atoms with Crippen LogP contribution in [-0.4, -0.2) is 19.6 Å². The van der Waals surface area contributed by atoms with Crippen LogP contribution in [0.3, 0.4) is 0 Å². The second kappa shape index (κ2) is 4.53. The molecule has 86 valence electrons. The average molecular weight is 220 g/mol. The van der Waals surface area contributed by atoms with Crippen molar-refractivity contribution >= 4 is 5.91 Å². The molecule has 1 aliphatic carbocycles. The third kappa shape index (κ3) is 2.17. The molecule has 0 spiro atoms. The van der Waals surface area contributed by atoms with E-state index in [1.54, 1.807) is 7.05 Å². The predicted octanol–water partition coefficient (Wildman–Crippen LogP) is 0.757. The summed E-state index contributed by atoms with van der Waals surface area (Å²) in [6.07, 6.45) is 1.99. The first kappa shape index (κ1) is 11.0. The zero-order valence-electron chi connectivity index (χ0n) is 9.32. The van der Waals surface area contributed by atoms with Crippen LogP contribution in [0.15, 0.2) is 18.2 Å². The van der Waals surface area contributed by atoms with E-state index in [9.17, 15) is 4.79 Å². The Bertz CT molecular complexity index is 404. The van der Waals surface area contributed by atoms with Crippen molar-refractivity contribution in [3.8, 4) is 5.75 Å². The van der Waals surface area contributed by atoms with E-state index in [2.05, 4.69) is 5.32 Å². The first-order valence-electron chi connectivity index (χ1n) is 5.42. The van der Waals surface area contributed by atoms with Crippen molar-refractivity contribution in [2.45, 2.75) is 18.9 Å². The molecule has 1 atom stereocenters. The Balaban J connectivity index is 2.05. The molecule has 4 nitrogen and oxygen atoms in total. The first-order valence-corrected chi connectivity index (χ1v) is 5.42. The molecule has 0 bridgehead atoms. The molecular formula is C12H16N2O2. The minimum atomic E-state index is -0.128. The van der Waals surface area contributed by atoms with Gasteiger partial charge in [-0.2, -0.15) is 0 Å². The van der Waals surface area contributed by atoms with Crippen molar-refractivity contribution in [1.29, 1.82) is 0 Å². The normalized spacial score (nSPS) is 18.0. The number of nitrogens with two attached hydrogens (primary N) is 1. The molecule has 1 aromatic carbocycles. The number of carbonyl (C=O) groups excluding carboxylic acids is 1. The fourth-order valence-electron chi connectivity index (χ4n) is 1.94. The molecule has 0 aliphatic heterocycles. The van der Waals surface area contributed by atoms with Gasteiger partial charge in [0.05, 0.1) is 0 Å². The van der Waals surface area contributed by atoms with Crippen LogP contribution >= 0.6 is 0 Å². The van der Waals surface area contributed by atoms with Crippen LogP contribution in [0.1, 0.15) is 23.6 Å². The molecule has 0 radical (unpaired) electrons. The van der Waals surface area contributed by atoms with Crippen molar-refractivity contribution in [3.05, 3.63) is 29.3 Å². The lowest BCUT2D eigenvalue weighted by Gasteiger charge is -2.08. The summed E-state index contributed by atoms with van der Waals surface area (Å²) < 4.78 is 5.37. The maximum absolute atomic E-state index is 11.0. The van der Waals surface area contributed by atoms with Gasteiger partial charge < -0.3 is 15.8 Å². The Hall–Kier alpha value is -1.55. The summed E-state index contributed by atoms with van der Waals surface area (Å²) in [5.41, 5.74) is 8.37. The van der Waals surface area contributed by atoms with Crippen LogP contribution in [0.5, 0.6) is 5.75 Å². The minimum Gasteiger partial charge on any atom is -0.484 e. The summed E-state index contributed by atoms with van der Waals surface area (Å²) in [6.45, 7) is 0.0569. The van der Waals surface area contributed by atoms with Crippen molar-refractivity contribution in [2.75, 3.05) is 13.7 Å². The Labute approximate surface area is 94.8 Å². The number of nitrogens with one attached hydrogen (secondary N) is 1. The molecular weight excluding hydrogens is 204 g/mol. The van der Waals surface area contributed by atoms with Crippen LogP contribution in [-0.2, 0) is 11.2 Å². The average Bonchev–Trinajstić information content (AvgIpc) is 2.67. The van der Waals surface area contributed by atoms with Crippen molar-refractivity contribution < 1.29 is 9.53 Å². The van der Waals surface area contributed by atoms with Gasteiger partial charge in [-0.15, -0.1) is 0 Å². The maximum atomic E-state index is 11.0. The quantitative estimate of drug-likeness (QED) is 0.790. The van der Waals surface area contributed by atoms with Gasteiger partial charge in [0.25, 0.3) is 5.91 Å². The SMILES string of the molecule is CNC(=O)COc1ccc2c(c1)CC[C@H]2N. The molecule has 0 heterocycles. The molecule has 0 fully saturated rings. The molecule has 0 unspecified atom stereocenters. The lowest BCUT2D eigenvalue weighted by atomic mass is 10.1. The summed E-state index contributed by atoms with van der Waals surface area (Å²) in [4.78, 5) is 11.0. The maximum Gasteiger partial charge on any atom is 0.257 e. The second-order valence-electron chi connectivity index (χ2n) is 3.97. The van der Waals surface area contributed by atoms with Gasteiger partial charge in [-0.3, -0.25) is 4.79 Å². The topological polar surface area (TPSA) is 64.3 Å². The number of likely N-dealkylation sites (N-methyl/N-ethyl adjacent to an activating group) is 1. The molecule has 16 heavy (non-hydrogen) atoms. The van der Waals surface area contributed by atoms with Crippen LogP contribution in [0, 0.1) is 0 Å². The molecule has 0 saturated heterocycles. The second-order valence-corrected chi connectivity index (χ2v) is 3.97. The Morgan fingerprint density at radius 2 is 2.44 bits per heavy atom. The highest BCUT2D eigenvalue weighted by atomic mass is 16.5. The number of fused-ring (bicyclic) bond motifs is 1. The van der Waals surface area contributed by atoms with Gasteiger partial charge in [0, 0.05) is 13.1 Å². The monoisotopic (exact) mass is 220 g/mol. The number of carbonyl (C=O) groups is 1. The highest BCUT2D eigenvalue weighted by molar-refractivity contribution is 5.77. The Kier molecular flexibility index (Phi) is 3.10. The first-order chi connectivity index (χ1) is 7.70. The van der Waals surface area contributed by atoms with Gasteiger partial charge >= 0.3 is 0 Å². The molecule has 4 heteroatoms. The van der Waals surface area contributed by atoms with Crippen molar-refractivity contribution in [3.63, 3.8) is 0 Å². The summed E-state index contributed by atoms with van der Waals surface area (Å²) in [7, 11) is 1.59. The van der Waals surface area contributed by atoms with Crippen molar-refractivity contribution in [2.24, 2.45) is 5.73 Å². The highest BCUT2D eigenvalue weighted by Gasteiger charge is 2.19. The predicted molar refractivity (Wildman–Crippen MR) is 61.3 cm³/mol. The van der Waals surface area contributed by atoms with E-state index in [-0.39, 0.29) is 18.6 Å². The number of benzene rings is 1. The Morgan fingerprint density at radius 3 is 3.19 bits per heavy atom. The van der Waals surface area contributed by atoms with E-state index in [0.717, 1.165) is 18.6 Å². The van der Waals surface area contributed by atoms with Gasteiger partial charge in [-0.05, 0) is 36.1 Å². The number of hydrogen-bond acceptors (Lipinski definition) is 3. The smallest absolute Gasteiger partial charge is 0.257 e. The number of hydrogen-bond donors (Lipinski definition) is 2. The molecule has 2 rings (SSSR count). The third-order valence-corrected chi connectivity index (χ3v) is 2.89. The van der Waals surface area contributed by atoms with Crippen LogP contribution in [0.4, 0.5) is 0 Å². The number of rotatable bonds is 3. The minimum absolute atomic E-state index is 0.0569. The molecule has 1 amide bonds. The summed E-state index contributed by atoms with van der Waals surface area (Å²) in [6, 6.07) is 5.99. The van der Waals surface area contributed by atoms with Gasteiger partial charge in [0.15, 0.2) is 6.61 Å². The summed E-state index contributed by atoms with van der Waals surface area (Å²) in [5.74, 6) is 0.605. The highest BCUT2D eigenvalue weighted by Crippen LogP contribution is 2.31. The number of ether oxygens (including phenoxy) is 1. The van der Waals surface area contributed by atoms with Gasteiger partial charge in [-0.25, -0.2) is 0 Å². The van der Waals surface area contributed by atoms with Crippen LogP contribution in [0.25, 0.3) is 0 Å². The number of aryl methyl sites for hydroxylation is 1. The fourth-order valence-corrected chi connectivity index (χ4v) is 1.94. The summed E-state index contributed by atoms with van der Waals surface area (Å²) in [5, 5.41) is 2.51. The lowest BCUT2D eigenvalue weighted by molar-refractivity contribution is -0.122. The van der Waals surface area contributed by atoms with Crippen molar-refractivity contribution in [1.82, 2.24) is 5.32 Å². The van der Waals surface area contributed by atoms with E-state index in [0.29, 0.717) is 0 Å². The zero-order valence-corrected chi connectivity index (χ0v) is 9.32. The molecule has 1 aliphatic rings. The zero-order chi connectivity index (χ0) is 11.5. The van der Waals surface area contributed by atoms with E-state index in [4.69, 9.17) is 10.5 Å². The van der Waals surface area contributed by atoms with E-state index >= 15 is 0 Å². The largest absolute Gasteiger partial charge is 0.484 e. The van der Waals surface area contributed by atoms with Gasteiger partial charge in [0.1, 0.15) is 5.75 Å². The molecule has 3 N–H and O–H groups in total. The number of amides is 1. The van der Waals surface area contributed by atoms with E-state index in [1.165, 1.54) is 11.1 Å². The Morgan fingerprint density at radius 1 is 1.62 bits per heavy atom. The molecule has 0 saturated carbocycles. The van der Waals surface area contributed by atoms with Crippen LogP contribution < -0.4 is 15.8 Å². The summed E-state index contributed by atoms with van der Waals surface area (Å²) >= 11 is 0. The van der Waals surface area contributed by atoms with Gasteiger partial charge in [0.2, 0.25) is 0 Å². The van der Waals surface area contributed by atoms with Crippen LogP contribution in [0.2, 0.25) is 0 Å². The molecule has 0 aromatic heterocycles. The fraction of sp³-hybridized carbons (Fsp3) is 0.417. The van der Waals surface area contributed by atoms with Gasteiger partial charge in [-0.1, -0.05) is 6.07 Å². The van der Waals surface area contributed by atoms with E-state index in [1.807, 2.05) is 18.2 Å².